The number of carboxylic acids is 1. The zero-order valence-corrected chi connectivity index (χ0v) is 11.8. The fraction of sp³-hybridized carbons (Fsp3) is 0.733. The largest absolute Gasteiger partial charge is 0.481 e. The number of fused-ring (bicyclic) bond motifs is 2. The molecule has 0 aromatic carbocycles. The molecule has 0 radical (unpaired) electrons. The quantitative estimate of drug-likeness (QED) is 0.761. The first-order valence-electron chi connectivity index (χ1n) is 7.27. The van der Waals surface area contributed by atoms with Gasteiger partial charge in [-0.2, -0.15) is 0 Å². The number of ether oxygens (including phenoxy) is 1. The Balaban J connectivity index is 1.77. The van der Waals surface area contributed by atoms with Crippen LogP contribution in [0.1, 0.15) is 26.7 Å². The minimum absolute atomic E-state index is 0.0123. The SMILES string of the molecule is CC1OCCC1(C)NC(=O)C1C2C=CC(C2)C1C(=O)O. The first-order chi connectivity index (χ1) is 9.42. The minimum atomic E-state index is -0.858. The van der Waals surface area contributed by atoms with Crippen LogP contribution in [0.2, 0.25) is 0 Å². The first kappa shape index (κ1) is 13.6. The lowest BCUT2D eigenvalue weighted by Gasteiger charge is -2.32. The van der Waals surface area contributed by atoms with Gasteiger partial charge in [0.05, 0.1) is 23.5 Å². The second kappa shape index (κ2) is 4.58. The lowest BCUT2D eigenvalue weighted by atomic mass is 9.81. The van der Waals surface area contributed by atoms with Gasteiger partial charge in [0, 0.05) is 6.61 Å². The van der Waals surface area contributed by atoms with Crippen molar-refractivity contribution in [2.75, 3.05) is 6.61 Å². The van der Waals surface area contributed by atoms with Crippen LogP contribution in [0.4, 0.5) is 0 Å². The molecule has 0 spiro atoms. The highest BCUT2D eigenvalue weighted by molar-refractivity contribution is 5.87. The molecule has 1 saturated heterocycles. The summed E-state index contributed by atoms with van der Waals surface area (Å²) in [6, 6.07) is 0. The van der Waals surface area contributed by atoms with Crippen LogP contribution in [0.3, 0.4) is 0 Å². The Bertz CT molecular complexity index is 474. The summed E-state index contributed by atoms with van der Waals surface area (Å²) in [6.07, 6.45) is 5.48. The van der Waals surface area contributed by atoms with Gasteiger partial charge in [-0.3, -0.25) is 9.59 Å². The van der Waals surface area contributed by atoms with Gasteiger partial charge in [0.2, 0.25) is 5.91 Å². The van der Waals surface area contributed by atoms with Crippen LogP contribution in [0.15, 0.2) is 12.2 Å². The van der Waals surface area contributed by atoms with Gasteiger partial charge in [-0.25, -0.2) is 0 Å². The average molecular weight is 279 g/mol. The van der Waals surface area contributed by atoms with Gasteiger partial charge < -0.3 is 15.2 Å². The number of amides is 1. The van der Waals surface area contributed by atoms with Crippen LogP contribution < -0.4 is 5.32 Å². The van der Waals surface area contributed by atoms with Crippen molar-refractivity contribution < 1.29 is 19.4 Å². The Labute approximate surface area is 118 Å². The van der Waals surface area contributed by atoms with Gasteiger partial charge in [0.25, 0.3) is 0 Å². The van der Waals surface area contributed by atoms with Crippen molar-refractivity contribution in [3.05, 3.63) is 12.2 Å². The molecular weight excluding hydrogens is 258 g/mol. The maximum absolute atomic E-state index is 12.6. The van der Waals surface area contributed by atoms with Crippen molar-refractivity contribution in [2.24, 2.45) is 23.7 Å². The average Bonchev–Trinajstić information content (AvgIpc) is 3.04. The maximum atomic E-state index is 12.6. The standard InChI is InChI=1S/C15H21NO4/c1-8-15(2,5-6-20-8)16-13(17)11-9-3-4-10(7-9)12(11)14(18)19/h3-4,8-12H,5-7H2,1-2H3,(H,16,17)(H,18,19). The zero-order chi connectivity index (χ0) is 14.5. The van der Waals surface area contributed by atoms with E-state index in [4.69, 9.17) is 4.74 Å². The van der Waals surface area contributed by atoms with Crippen LogP contribution in [0, 0.1) is 23.7 Å². The van der Waals surface area contributed by atoms with Gasteiger partial charge >= 0.3 is 5.97 Å². The molecule has 6 unspecified atom stereocenters. The molecule has 5 nitrogen and oxygen atoms in total. The Hall–Kier alpha value is -1.36. The van der Waals surface area contributed by atoms with E-state index in [9.17, 15) is 14.7 Å². The Kier molecular flexibility index (Phi) is 3.12. The number of nitrogens with one attached hydrogen (secondary N) is 1. The number of allylic oxidation sites excluding steroid dienone is 2. The van der Waals surface area contributed by atoms with E-state index in [1.54, 1.807) is 0 Å². The molecule has 3 aliphatic rings. The molecule has 2 N–H and O–H groups in total. The molecule has 6 atom stereocenters. The second-order valence-corrected chi connectivity index (χ2v) is 6.51. The lowest BCUT2D eigenvalue weighted by molar-refractivity contribution is -0.148. The lowest BCUT2D eigenvalue weighted by Crippen LogP contribution is -2.54. The van der Waals surface area contributed by atoms with E-state index in [2.05, 4.69) is 5.32 Å². The van der Waals surface area contributed by atoms with Crippen molar-refractivity contribution in [1.29, 1.82) is 0 Å². The van der Waals surface area contributed by atoms with Gasteiger partial charge in [-0.15, -0.1) is 0 Å². The third kappa shape index (κ3) is 1.95. The number of hydrogen-bond donors (Lipinski definition) is 2. The third-order valence-corrected chi connectivity index (χ3v) is 5.34. The van der Waals surface area contributed by atoms with Crippen molar-refractivity contribution >= 4 is 11.9 Å². The molecule has 1 aliphatic heterocycles. The van der Waals surface area contributed by atoms with Crippen LogP contribution in [0.5, 0.6) is 0 Å². The minimum Gasteiger partial charge on any atom is -0.481 e. The highest BCUT2D eigenvalue weighted by Gasteiger charge is 2.53. The van der Waals surface area contributed by atoms with E-state index in [1.165, 1.54) is 0 Å². The van der Waals surface area contributed by atoms with Crippen LogP contribution >= 0.6 is 0 Å². The molecule has 2 fully saturated rings. The van der Waals surface area contributed by atoms with Gasteiger partial charge in [0.15, 0.2) is 0 Å². The smallest absolute Gasteiger partial charge is 0.307 e. The number of hydrogen-bond acceptors (Lipinski definition) is 3. The summed E-state index contributed by atoms with van der Waals surface area (Å²) >= 11 is 0. The summed E-state index contributed by atoms with van der Waals surface area (Å²) in [5, 5.41) is 12.4. The Morgan fingerprint density at radius 3 is 2.50 bits per heavy atom. The van der Waals surface area contributed by atoms with E-state index in [0.717, 1.165) is 12.8 Å². The molecule has 2 bridgehead atoms. The third-order valence-electron chi connectivity index (χ3n) is 5.34. The van der Waals surface area contributed by atoms with E-state index in [-0.39, 0.29) is 29.4 Å². The summed E-state index contributed by atoms with van der Waals surface area (Å²) in [5.74, 6) is -1.92. The zero-order valence-electron chi connectivity index (χ0n) is 11.8. The normalized spacial score (nSPS) is 45.8. The maximum Gasteiger partial charge on any atom is 0.307 e. The van der Waals surface area contributed by atoms with Crippen LogP contribution in [-0.2, 0) is 14.3 Å². The summed E-state index contributed by atoms with van der Waals surface area (Å²) < 4.78 is 5.52. The molecule has 3 rings (SSSR count). The second-order valence-electron chi connectivity index (χ2n) is 6.51. The van der Waals surface area contributed by atoms with Crippen molar-refractivity contribution in [3.63, 3.8) is 0 Å². The number of carbonyl (C=O) groups is 2. The topological polar surface area (TPSA) is 75.6 Å². The van der Waals surface area contributed by atoms with Crippen LogP contribution in [-0.4, -0.2) is 35.2 Å². The molecule has 1 heterocycles. The molecule has 2 aliphatic carbocycles. The Morgan fingerprint density at radius 1 is 1.30 bits per heavy atom. The fourth-order valence-electron chi connectivity index (χ4n) is 3.88. The number of carbonyl (C=O) groups excluding carboxylic acids is 1. The number of aliphatic carboxylic acids is 1. The molecule has 0 aromatic heterocycles. The molecule has 1 saturated carbocycles. The summed E-state index contributed by atoms with van der Waals surface area (Å²) in [7, 11) is 0. The monoisotopic (exact) mass is 279 g/mol. The predicted octanol–water partition coefficient (Wildman–Crippen LogP) is 1.19. The molecule has 20 heavy (non-hydrogen) atoms. The molecule has 0 aromatic rings. The Morgan fingerprint density at radius 2 is 1.95 bits per heavy atom. The summed E-state index contributed by atoms with van der Waals surface area (Å²) in [6.45, 7) is 4.56. The predicted molar refractivity (Wildman–Crippen MR) is 71.9 cm³/mol. The van der Waals surface area contributed by atoms with E-state index < -0.39 is 17.8 Å². The van der Waals surface area contributed by atoms with Crippen molar-refractivity contribution in [2.45, 2.75) is 38.3 Å². The highest BCUT2D eigenvalue weighted by Crippen LogP contribution is 2.48. The van der Waals surface area contributed by atoms with E-state index in [1.807, 2.05) is 26.0 Å². The molecule has 5 heteroatoms. The van der Waals surface area contributed by atoms with Gasteiger partial charge in [0.1, 0.15) is 0 Å². The molecule has 1 amide bonds. The summed E-state index contributed by atoms with van der Waals surface area (Å²) in [4.78, 5) is 24.0. The fourth-order valence-corrected chi connectivity index (χ4v) is 3.88. The van der Waals surface area contributed by atoms with E-state index in [0.29, 0.717) is 6.61 Å². The van der Waals surface area contributed by atoms with Crippen LogP contribution in [0.25, 0.3) is 0 Å². The molecular formula is C15H21NO4. The van der Waals surface area contributed by atoms with Crippen molar-refractivity contribution in [1.82, 2.24) is 5.32 Å². The number of carboxylic acid groups (broad SMARTS) is 1. The molecule has 110 valence electrons. The van der Waals surface area contributed by atoms with E-state index >= 15 is 0 Å². The van der Waals surface area contributed by atoms with Gasteiger partial charge in [-0.1, -0.05) is 12.2 Å². The highest BCUT2D eigenvalue weighted by atomic mass is 16.5. The number of rotatable bonds is 3. The van der Waals surface area contributed by atoms with Gasteiger partial charge in [-0.05, 0) is 38.5 Å². The van der Waals surface area contributed by atoms with Crippen molar-refractivity contribution in [3.8, 4) is 0 Å². The summed E-state index contributed by atoms with van der Waals surface area (Å²) in [5.41, 5.74) is -0.383. The first-order valence-corrected chi connectivity index (χ1v) is 7.27.